The Morgan fingerprint density at radius 2 is 0.696 bits per heavy atom. The fourth-order valence-corrected chi connectivity index (χ4v) is 1.83. The van der Waals surface area contributed by atoms with Gasteiger partial charge in [-0.15, -0.1) is 0 Å². The van der Waals surface area contributed by atoms with Gasteiger partial charge in [0.05, 0.1) is 11.1 Å². The molecule has 0 spiro atoms. The molecule has 0 saturated heterocycles. The van der Waals surface area contributed by atoms with Crippen molar-refractivity contribution < 1.29 is 57.5 Å². The third-order valence-corrected chi connectivity index (χ3v) is 2.46. The van der Waals surface area contributed by atoms with E-state index in [1.165, 1.54) is 4.79 Å². The molecular weight excluding hydrogens is 364 g/mol. The van der Waals surface area contributed by atoms with Crippen LogP contribution in [0.1, 0.15) is 0 Å². The highest BCUT2D eigenvalue weighted by atomic mass is 19.4. The van der Waals surface area contributed by atoms with E-state index in [1.807, 2.05) is 0 Å². The summed E-state index contributed by atoms with van der Waals surface area (Å²) >= 11 is 0. The van der Waals surface area contributed by atoms with Crippen LogP contribution in [0.15, 0.2) is 22.3 Å². The van der Waals surface area contributed by atoms with E-state index in [0.29, 0.717) is 0 Å². The van der Waals surface area contributed by atoms with E-state index in [9.17, 15) is 52.7 Å². The highest BCUT2D eigenvalue weighted by Gasteiger charge is 2.67. The van der Waals surface area contributed by atoms with E-state index in [0.717, 1.165) is 0 Å². The molecular formula is C9F12N2. The van der Waals surface area contributed by atoms with Crippen molar-refractivity contribution in [1.82, 2.24) is 0 Å². The van der Waals surface area contributed by atoms with Crippen LogP contribution in [0.25, 0.3) is 5.53 Å². The summed E-state index contributed by atoms with van der Waals surface area (Å²) in [6.07, 6.45) is -25.5. The molecule has 0 fully saturated rings. The maximum absolute atomic E-state index is 12.6. The first-order valence-corrected chi connectivity index (χ1v) is 4.94. The highest BCUT2D eigenvalue weighted by Crippen LogP contribution is 2.54. The van der Waals surface area contributed by atoms with Crippen LogP contribution in [-0.2, 0) is 0 Å². The number of halogens is 12. The van der Waals surface area contributed by atoms with Gasteiger partial charge in [-0.05, 0) is 0 Å². The van der Waals surface area contributed by atoms with Crippen molar-refractivity contribution >= 4 is 5.71 Å². The topological polar surface area (TPSA) is 36.4 Å². The van der Waals surface area contributed by atoms with E-state index in [1.54, 1.807) is 0 Å². The second-order valence-electron chi connectivity index (χ2n) is 3.94. The van der Waals surface area contributed by atoms with Crippen LogP contribution in [0.5, 0.6) is 0 Å². The van der Waals surface area contributed by atoms with E-state index in [-0.39, 0.29) is 0 Å². The summed E-state index contributed by atoms with van der Waals surface area (Å²) in [7, 11) is 0. The average Bonchev–Trinajstić information content (AvgIpc) is 2.61. The monoisotopic (exact) mass is 364 g/mol. The van der Waals surface area contributed by atoms with Gasteiger partial charge < -0.3 is 5.53 Å². The van der Waals surface area contributed by atoms with Crippen molar-refractivity contribution in [3.8, 4) is 0 Å². The number of allylic oxidation sites excluding steroid dienone is 4. The number of rotatable bonds is 0. The van der Waals surface area contributed by atoms with Crippen LogP contribution in [0.3, 0.4) is 0 Å². The van der Waals surface area contributed by atoms with E-state index >= 15 is 0 Å². The molecule has 1 aliphatic rings. The average molecular weight is 364 g/mol. The number of alkyl halides is 12. The molecule has 0 saturated carbocycles. The Balaban J connectivity index is 4.10. The molecule has 1 aliphatic carbocycles. The van der Waals surface area contributed by atoms with Crippen molar-refractivity contribution in [2.24, 2.45) is 0 Å². The summed E-state index contributed by atoms with van der Waals surface area (Å²) in [6, 6.07) is 0. The molecule has 0 atom stereocenters. The zero-order chi connectivity index (χ0) is 18.6. The molecule has 0 radical (unpaired) electrons. The minimum atomic E-state index is -6.45. The molecule has 2 nitrogen and oxygen atoms in total. The minimum Gasteiger partial charge on any atom is -0.361 e. The molecule has 23 heavy (non-hydrogen) atoms. The summed E-state index contributed by atoms with van der Waals surface area (Å²) < 4.78 is 151. The number of nitrogens with zero attached hydrogens (tertiary/aromatic N) is 2. The Kier molecular flexibility index (Phi) is 4.15. The van der Waals surface area contributed by atoms with Crippen LogP contribution in [0.4, 0.5) is 52.7 Å². The Morgan fingerprint density at radius 3 is 0.826 bits per heavy atom. The van der Waals surface area contributed by atoms with Gasteiger partial charge in [-0.3, -0.25) is 0 Å². The van der Waals surface area contributed by atoms with Gasteiger partial charge in [0.1, 0.15) is 0 Å². The third kappa shape index (κ3) is 3.35. The first-order valence-electron chi connectivity index (χ1n) is 4.94. The fraction of sp³-hybridized carbons (Fsp3) is 0.444. The predicted octanol–water partition coefficient (Wildman–Crippen LogP) is 4.51. The molecule has 0 heterocycles. The largest absolute Gasteiger partial charge is 0.424 e. The Labute approximate surface area is 117 Å². The Morgan fingerprint density at radius 1 is 0.478 bits per heavy atom. The summed E-state index contributed by atoms with van der Waals surface area (Å²) in [5, 5.41) is 0. The lowest BCUT2D eigenvalue weighted by molar-refractivity contribution is -0.130. The highest BCUT2D eigenvalue weighted by molar-refractivity contribution is 6.16. The quantitative estimate of drug-likeness (QED) is 0.345. The first kappa shape index (κ1) is 19.1. The predicted molar refractivity (Wildman–Crippen MR) is 46.9 cm³/mol. The lowest BCUT2D eigenvalue weighted by Gasteiger charge is -2.17. The standard InChI is InChI=1S/C9F12N2/c10-6(11,12)1-2(7(13,14)15)4(9(19,20)21)5(23-22)3(1)8(16,17)18. The molecule has 14 heteroatoms. The minimum absolute atomic E-state index is 1.37. The maximum Gasteiger partial charge on any atom is 0.424 e. The van der Waals surface area contributed by atoms with Crippen LogP contribution in [0.2, 0.25) is 0 Å². The summed E-state index contributed by atoms with van der Waals surface area (Å²) in [6.45, 7) is 0. The molecule has 0 N–H and O–H groups in total. The number of hydrogen-bond acceptors (Lipinski definition) is 0. The maximum atomic E-state index is 12.6. The second-order valence-corrected chi connectivity index (χ2v) is 3.94. The van der Waals surface area contributed by atoms with Crippen LogP contribution in [-0.4, -0.2) is 35.2 Å². The molecule has 130 valence electrons. The second kappa shape index (κ2) is 5.01. The van der Waals surface area contributed by atoms with E-state index in [2.05, 4.69) is 0 Å². The number of hydrogen-bond donors (Lipinski definition) is 0. The molecule has 0 unspecified atom stereocenters. The molecule has 0 bridgehead atoms. The van der Waals surface area contributed by atoms with Crippen molar-refractivity contribution in [1.29, 1.82) is 0 Å². The lowest BCUT2D eigenvalue weighted by atomic mass is 10.0. The van der Waals surface area contributed by atoms with Crippen LogP contribution >= 0.6 is 0 Å². The van der Waals surface area contributed by atoms with Crippen LogP contribution in [0, 0.1) is 0 Å². The molecule has 0 aromatic heterocycles. The molecule has 0 amide bonds. The molecule has 1 rings (SSSR count). The van der Waals surface area contributed by atoms with Gasteiger partial charge in [-0.2, -0.15) is 57.5 Å². The van der Waals surface area contributed by atoms with Crippen molar-refractivity contribution in [3.63, 3.8) is 0 Å². The van der Waals surface area contributed by atoms with Crippen LogP contribution < -0.4 is 0 Å². The van der Waals surface area contributed by atoms with Gasteiger partial charge in [0.15, 0.2) is 11.1 Å². The zero-order valence-electron chi connectivity index (χ0n) is 9.93. The summed E-state index contributed by atoms with van der Waals surface area (Å²) in [4.78, 5) is 1.37. The smallest absolute Gasteiger partial charge is 0.361 e. The van der Waals surface area contributed by atoms with Gasteiger partial charge in [0.25, 0.3) is 0 Å². The summed E-state index contributed by atoms with van der Waals surface area (Å²) in [5.41, 5.74) is -8.68. The molecule has 0 aromatic carbocycles. The first-order chi connectivity index (χ1) is 9.94. The SMILES string of the molecule is [N-]=[N+]=C1C(C(F)(F)F)=C(C(F)(F)F)C(C(F)(F)F)=C1C(F)(F)F. The Hall–Kier alpha value is -1.98. The molecule has 0 aromatic rings. The lowest BCUT2D eigenvalue weighted by Crippen LogP contribution is -2.27. The summed E-state index contributed by atoms with van der Waals surface area (Å²) in [5.74, 6) is 0. The molecule has 0 aliphatic heterocycles. The van der Waals surface area contributed by atoms with Gasteiger partial charge in [-0.1, -0.05) is 0 Å². The van der Waals surface area contributed by atoms with Crippen molar-refractivity contribution in [3.05, 3.63) is 27.8 Å². The third-order valence-electron chi connectivity index (χ3n) is 2.46. The van der Waals surface area contributed by atoms with E-state index in [4.69, 9.17) is 5.53 Å². The van der Waals surface area contributed by atoms with Gasteiger partial charge in [0.2, 0.25) is 0 Å². The van der Waals surface area contributed by atoms with Gasteiger partial charge in [-0.25, -0.2) is 0 Å². The van der Waals surface area contributed by atoms with Gasteiger partial charge in [0, 0.05) is 0 Å². The van der Waals surface area contributed by atoms with Crippen molar-refractivity contribution in [2.45, 2.75) is 24.7 Å². The van der Waals surface area contributed by atoms with Gasteiger partial charge >= 0.3 is 30.4 Å². The normalized spacial score (nSPS) is 18.0. The van der Waals surface area contributed by atoms with E-state index < -0.39 is 52.7 Å². The van der Waals surface area contributed by atoms with Crippen molar-refractivity contribution in [2.75, 3.05) is 0 Å². The Bertz CT molecular complexity index is 579. The fourth-order valence-electron chi connectivity index (χ4n) is 1.83. The zero-order valence-corrected chi connectivity index (χ0v) is 9.93.